The SMILES string of the molecule is COc1ccc(Cl)c(CC(=O)Nc2ccc(C3CCN(C(=O)/C(C)=C/c4ccc(C)o4)CC3)cc2)c1F. The van der Waals surface area contributed by atoms with Crippen LogP contribution in [0.25, 0.3) is 6.08 Å². The Bertz CT molecular complexity index is 1310. The number of nitrogens with one attached hydrogen (secondary N) is 1. The van der Waals surface area contributed by atoms with Gasteiger partial charge in [-0.05, 0) is 80.6 Å². The van der Waals surface area contributed by atoms with Crippen molar-refractivity contribution in [1.82, 2.24) is 4.90 Å². The molecule has 2 aromatic carbocycles. The fourth-order valence-electron chi connectivity index (χ4n) is 4.57. The van der Waals surface area contributed by atoms with Gasteiger partial charge in [0.2, 0.25) is 11.8 Å². The Hall–Kier alpha value is -3.58. The number of anilines is 1. The summed E-state index contributed by atoms with van der Waals surface area (Å²) in [5.74, 6) is 0.890. The lowest BCUT2D eigenvalue weighted by Gasteiger charge is -2.32. The zero-order valence-corrected chi connectivity index (χ0v) is 21.9. The Morgan fingerprint density at radius 3 is 2.46 bits per heavy atom. The maximum atomic E-state index is 14.5. The molecule has 0 bridgehead atoms. The summed E-state index contributed by atoms with van der Waals surface area (Å²) in [7, 11) is 1.36. The van der Waals surface area contributed by atoms with E-state index in [1.807, 2.05) is 55.1 Å². The number of benzene rings is 2. The molecule has 0 radical (unpaired) electrons. The molecular formula is C29H30ClFN2O4. The Labute approximate surface area is 221 Å². The number of methoxy groups -OCH3 is 1. The molecular weight excluding hydrogens is 495 g/mol. The third kappa shape index (κ3) is 6.41. The van der Waals surface area contributed by atoms with Crippen LogP contribution in [0.4, 0.5) is 10.1 Å². The second-order valence-corrected chi connectivity index (χ2v) is 9.64. The number of carbonyl (C=O) groups excluding carboxylic acids is 2. The van der Waals surface area contributed by atoms with E-state index in [0.717, 1.165) is 24.2 Å². The predicted molar refractivity (Wildman–Crippen MR) is 142 cm³/mol. The van der Waals surface area contributed by atoms with E-state index in [0.29, 0.717) is 36.0 Å². The van der Waals surface area contributed by atoms with Crippen molar-refractivity contribution in [2.75, 3.05) is 25.5 Å². The molecule has 4 rings (SSSR count). The lowest BCUT2D eigenvalue weighted by atomic mass is 9.89. The van der Waals surface area contributed by atoms with Gasteiger partial charge in [-0.2, -0.15) is 0 Å². The van der Waals surface area contributed by atoms with E-state index in [4.69, 9.17) is 20.8 Å². The first-order chi connectivity index (χ1) is 17.7. The summed E-state index contributed by atoms with van der Waals surface area (Å²) in [6.45, 7) is 5.05. The largest absolute Gasteiger partial charge is 0.494 e. The van der Waals surface area contributed by atoms with Gasteiger partial charge in [0.05, 0.1) is 13.5 Å². The lowest BCUT2D eigenvalue weighted by molar-refractivity contribution is -0.128. The highest BCUT2D eigenvalue weighted by atomic mass is 35.5. The number of piperidine rings is 1. The number of aryl methyl sites for hydroxylation is 1. The number of likely N-dealkylation sites (tertiary alicyclic amines) is 1. The minimum absolute atomic E-state index is 0.0261. The Morgan fingerprint density at radius 2 is 1.84 bits per heavy atom. The molecule has 1 aliphatic rings. The Balaban J connectivity index is 1.31. The molecule has 8 heteroatoms. The van der Waals surface area contributed by atoms with Crippen molar-refractivity contribution in [3.63, 3.8) is 0 Å². The average Bonchev–Trinajstić information content (AvgIpc) is 3.31. The number of carbonyl (C=O) groups is 2. The summed E-state index contributed by atoms with van der Waals surface area (Å²) in [4.78, 5) is 27.2. The van der Waals surface area contributed by atoms with E-state index >= 15 is 0 Å². The highest BCUT2D eigenvalue weighted by Crippen LogP contribution is 2.30. The number of furan rings is 1. The number of amides is 2. The lowest BCUT2D eigenvalue weighted by Crippen LogP contribution is -2.38. The van der Waals surface area contributed by atoms with Crippen molar-refractivity contribution in [1.29, 1.82) is 0 Å². The minimum Gasteiger partial charge on any atom is -0.494 e. The molecule has 1 aromatic heterocycles. The van der Waals surface area contributed by atoms with Crippen molar-refractivity contribution in [3.8, 4) is 5.75 Å². The maximum absolute atomic E-state index is 14.5. The standard InChI is InChI=1S/C29H30ClFN2O4/c1-18(16-23-9-4-19(2)37-23)29(35)33-14-12-21(13-15-33)20-5-7-22(8-6-20)32-27(34)17-24-25(30)10-11-26(36-3)28(24)31/h4-11,16,21H,12-15,17H2,1-3H3,(H,32,34)/b18-16+. The van der Waals surface area contributed by atoms with Crippen LogP contribution in [0.1, 0.15) is 48.3 Å². The van der Waals surface area contributed by atoms with Gasteiger partial charge in [0, 0.05) is 34.9 Å². The van der Waals surface area contributed by atoms with Crippen LogP contribution >= 0.6 is 11.6 Å². The molecule has 0 unspecified atom stereocenters. The summed E-state index contributed by atoms with van der Waals surface area (Å²) >= 11 is 6.09. The molecule has 1 aliphatic heterocycles. The van der Waals surface area contributed by atoms with Crippen LogP contribution in [0, 0.1) is 12.7 Å². The number of rotatable bonds is 7. The zero-order valence-electron chi connectivity index (χ0n) is 21.1. The second kappa shape index (κ2) is 11.6. The third-order valence-corrected chi connectivity index (χ3v) is 6.97. The second-order valence-electron chi connectivity index (χ2n) is 9.23. The van der Waals surface area contributed by atoms with Crippen LogP contribution in [0.2, 0.25) is 5.02 Å². The van der Waals surface area contributed by atoms with Crippen molar-refractivity contribution >= 4 is 35.2 Å². The molecule has 1 fully saturated rings. The molecule has 194 valence electrons. The van der Waals surface area contributed by atoms with E-state index in [-0.39, 0.29) is 34.6 Å². The van der Waals surface area contributed by atoms with Crippen LogP contribution in [0.3, 0.4) is 0 Å². The smallest absolute Gasteiger partial charge is 0.249 e. The normalized spacial score (nSPS) is 14.5. The van der Waals surface area contributed by atoms with Gasteiger partial charge in [0.1, 0.15) is 11.5 Å². The van der Waals surface area contributed by atoms with Gasteiger partial charge < -0.3 is 19.4 Å². The summed E-state index contributed by atoms with van der Waals surface area (Å²) in [6, 6.07) is 14.3. The van der Waals surface area contributed by atoms with E-state index < -0.39 is 5.82 Å². The number of hydrogen-bond donors (Lipinski definition) is 1. The van der Waals surface area contributed by atoms with Crippen molar-refractivity contribution in [3.05, 3.63) is 87.6 Å². The van der Waals surface area contributed by atoms with E-state index in [2.05, 4.69) is 5.32 Å². The van der Waals surface area contributed by atoms with Crippen molar-refractivity contribution in [2.24, 2.45) is 0 Å². The van der Waals surface area contributed by atoms with Crippen LogP contribution < -0.4 is 10.1 Å². The van der Waals surface area contributed by atoms with Crippen LogP contribution in [-0.4, -0.2) is 36.9 Å². The van der Waals surface area contributed by atoms with Crippen LogP contribution in [0.15, 0.2) is 58.5 Å². The Morgan fingerprint density at radius 1 is 1.14 bits per heavy atom. The van der Waals surface area contributed by atoms with Gasteiger partial charge in [0.25, 0.3) is 0 Å². The first kappa shape index (κ1) is 26.5. The van der Waals surface area contributed by atoms with Gasteiger partial charge in [-0.25, -0.2) is 4.39 Å². The number of halogens is 2. The molecule has 2 amide bonds. The van der Waals surface area contributed by atoms with E-state index in [1.54, 1.807) is 6.08 Å². The first-order valence-corrected chi connectivity index (χ1v) is 12.6. The van der Waals surface area contributed by atoms with Gasteiger partial charge in [0.15, 0.2) is 11.6 Å². The van der Waals surface area contributed by atoms with Gasteiger partial charge in [-0.3, -0.25) is 9.59 Å². The molecule has 2 heterocycles. The van der Waals surface area contributed by atoms with Gasteiger partial charge in [-0.1, -0.05) is 23.7 Å². The molecule has 0 spiro atoms. The molecule has 1 N–H and O–H groups in total. The molecule has 0 aliphatic carbocycles. The van der Waals surface area contributed by atoms with E-state index in [9.17, 15) is 14.0 Å². The highest BCUT2D eigenvalue weighted by Gasteiger charge is 2.25. The Kier molecular flexibility index (Phi) is 8.34. The van der Waals surface area contributed by atoms with E-state index in [1.165, 1.54) is 19.2 Å². The minimum atomic E-state index is -0.632. The summed E-state index contributed by atoms with van der Waals surface area (Å²) < 4.78 is 25.0. The highest BCUT2D eigenvalue weighted by molar-refractivity contribution is 6.31. The predicted octanol–water partition coefficient (Wildman–Crippen LogP) is 6.38. The maximum Gasteiger partial charge on any atom is 0.249 e. The average molecular weight is 525 g/mol. The van der Waals surface area contributed by atoms with Gasteiger partial charge in [-0.15, -0.1) is 0 Å². The van der Waals surface area contributed by atoms with Gasteiger partial charge >= 0.3 is 0 Å². The summed E-state index contributed by atoms with van der Waals surface area (Å²) in [6.07, 6.45) is 3.30. The number of hydrogen-bond acceptors (Lipinski definition) is 4. The number of nitrogens with zero attached hydrogens (tertiary/aromatic N) is 1. The fraction of sp³-hybridized carbons (Fsp3) is 0.310. The molecule has 1 saturated heterocycles. The quantitative estimate of drug-likeness (QED) is 0.364. The number of ether oxygens (including phenoxy) is 1. The topological polar surface area (TPSA) is 71.8 Å². The molecule has 37 heavy (non-hydrogen) atoms. The molecule has 0 saturated carbocycles. The summed E-state index contributed by atoms with van der Waals surface area (Å²) in [5, 5.41) is 2.97. The zero-order chi connectivity index (χ0) is 26.5. The first-order valence-electron chi connectivity index (χ1n) is 12.2. The fourth-order valence-corrected chi connectivity index (χ4v) is 4.78. The van der Waals surface area contributed by atoms with Crippen molar-refractivity contribution < 1.29 is 23.1 Å². The third-order valence-electron chi connectivity index (χ3n) is 6.61. The van der Waals surface area contributed by atoms with Crippen LogP contribution in [0.5, 0.6) is 5.75 Å². The molecule has 3 aromatic rings. The summed E-state index contributed by atoms with van der Waals surface area (Å²) in [5.41, 5.74) is 2.53. The monoisotopic (exact) mass is 524 g/mol. The molecule has 6 nitrogen and oxygen atoms in total. The van der Waals surface area contributed by atoms with Crippen LogP contribution in [-0.2, 0) is 16.0 Å². The van der Waals surface area contributed by atoms with Crippen molar-refractivity contribution in [2.45, 2.75) is 39.0 Å². The molecule has 0 atom stereocenters.